The van der Waals surface area contributed by atoms with Crippen molar-refractivity contribution in [1.82, 2.24) is 20.5 Å². The number of anilines is 1. The highest BCUT2D eigenvalue weighted by Gasteiger charge is 2.34. The van der Waals surface area contributed by atoms with Gasteiger partial charge in [-0.25, -0.2) is 4.79 Å². The zero-order valence-corrected chi connectivity index (χ0v) is 21.3. The van der Waals surface area contributed by atoms with E-state index < -0.39 is 12.2 Å². The van der Waals surface area contributed by atoms with E-state index in [0.29, 0.717) is 27.9 Å². The number of carbonyl (C=O) groups excluding carboxylic acids is 3. The summed E-state index contributed by atoms with van der Waals surface area (Å²) in [6.45, 7) is 0.291. The molecule has 0 spiro atoms. The normalized spacial score (nSPS) is 15.0. The Morgan fingerprint density at radius 1 is 0.925 bits per heavy atom. The van der Waals surface area contributed by atoms with Crippen molar-refractivity contribution in [3.8, 4) is 11.1 Å². The molecule has 5 aromatic rings. The molecule has 2 heterocycles. The van der Waals surface area contributed by atoms with Gasteiger partial charge in [0.25, 0.3) is 0 Å². The number of ether oxygens (including phenoxy) is 1. The molecule has 9 nitrogen and oxygen atoms in total. The third-order valence-corrected chi connectivity index (χ3v) is 6.97. The van der Waals surface area contributed by atoms with Gasteiger partial charge in [-0.1, -0.05) is 76.1 Å². The summed E-state index contributed by atoms with van der Waals surface area (Å²) in [6.07, 6.45) is -1.07. The van der Waals surface area contributed by atoms with Gasteiger partial charge >= 0.3 is 6.09 Å². The average Bonchev–Trinajstić information content (AvgIpc) is 3.56. The summed E-state index contributed by atoms with van der Waals surface area (Å²) in [5.74, 6) is -0.421. The number of nitrogens with one attached hydrogen (secondary N) is 1. The summed E-state index contributed by atoms with van der Waals surface area (Å²) in [5.41, 5.74) is 2.83. The highest BCUT2D eigenvalue weighted by Crippen LogP contribution is 2.36. The van der Waals surface area contributed by atoms with Crippen LogP contribution >= 0.6 is 0 Å². The molecule has 200 valence electrons. The lowest BCUT2D eigenvalue weighted by atomic mass is 10.0. The van der Waals surface area contributed by atoms with Crippen LogP contribution in [0.1, 0.15) is 23.2 Å². The summed E-state index contributed by atoms with van der Waals surface area (Å²) < 4.78 is 19.9. The molecule has 0 unspecified atom stereocenters. The zero-order valence-electron chi connectivity index (χ0n) is 21.3. The molecule has 0 bridgehead atoms. The van der Waals surface area contributed by atoms with Crippen LogP contribution in [-0.4, -0.2) is 52.2 Å². The van der Waals surface area contributed by atoms with E-state index in [1.54, 1.807) is 48.5 Å². The Morgan fingerprint density at radius 3 is 2.58 bits per heavy atom. The van der Waals surface area contributed by atoms with Crippen LogP contribution < -0.4 is 10.2 Å². The van der Waals surface area contributed by atoms with Crippen LogP contribution in [0.25, 0.3) is 32.9 Å². The summed E-state index contributed by atoms with van der Waals surface area (Å²) in [5, 5.41) is 12.1. The molecule has 1 atom stereocenters. The third-order valence-electron chi connectivity index (χ3n) is 6.97. The second-order valence-corrected chi connectivity index (χ2v) is 9.55. The number of hydrogen-bond donors (Lipinski definition) is 1. The number of aromatic nitrogens is 3. The first-order valence-electron chi connectivity index (χ1n) is 12.8. The molecule has 1 N–H and O–H groups in total. The van der Waals surface area contributed by atoms with Crippen molar-refractivity contribution < 1.29 is 23.6 Å². The Hall–Kier alpha value is -5.12. The van der Waals surface area contributed by atoms with Gasteiger partial charge in [-0.2, -0.15) is 0 Å². The molecule has 0 saturated carbocycles. The molecule has 10 heteroatoms. The van der Waals surface area contributed by atoms with Crippen LogP contribution in [0.3, 0.4) is 0 Å². The average molecular weight is 538 g/mol. The number of cyclic esters (lactones) is 1. The van der Waals surface area contributed by atoms with E-state index in [-0.39, 0.29) is 48.0 Å². The first kappa shape index (κ1) is 25.2. The fourth-order valence-electron chi connectivity index (χ4n) is 4.97. The number of Topliss-reactive ketones (excluding diaryl/α,β-unsaturated/α-hetero) is 1. The maximum Gasteiger partial charge on any atom is 0.414 e. The van der Waals surface area contributed by atoms with E-state index >= 15 is 0 Å². The SMILES string of the molecule is O=C(CCC(=O)c1ccc2ccccc2c1)NC[C@H]1CN(c2ccccc2-c2cccc3nnn(F)c23)C(=O)O1. The summed E-state index contributed by atoms with van der Waals surface area (Å²) in [6, 6.07) is 25.5. The lowest BCUT2D eigenvalue weighted by Gasteiger charge is -2.18. The van der Waals surface area contributed by atoms with Crippen molar-refractivity contribution >= 4 is 45.3 Å². The van der Waals surface area contributed by atoms with Gasteiger partial charge in [0.1, 0.15) is 17.1 Å². The number of fused-ring (bicyclic) bond motifs is 2. The molecule has 0 aliphatic carbocycles. The molecule has 0 radical (unpaired) electrons. The standard InChI is InChI=1S/C30H24FN5O4/c31-36-29-24(9-5-10-25(29)33-34-36)23-8-3-4-11-26(23)35-18-22(40-30(35)39)17-32-28(38)15-14-27(37)21-13-12-19-6-1-2-7-20(19)16-21/h1-13,16,22H,14-15,17-18H2,(H,32,38)/t22-/m0/s1. The molecule has 4 aromatic carbocycles. The molecule has 1 aromatic heterocycles. The van der Waals surface area contributed by atoms with Crippen LogP contribution in [0.5, 0.6) is 0 Å². The molecule has 40 heavy (non-hydrogen) atoms. The Bertz CT molecular complexity index is 1770. The van der Waals surface area contributed by atoms with E-state index in [1.807, 2.05) is 36.4 Å². The van der Waals surface area contributed by atoms with E-state index in [1.165, 1.54) is 4.90 Å². The Morgan fingerprint density at radius 2 is 1.70 bits per heavy atom. The number of para-hydroxylation sites is 2. The summed E-state index contributed by atoms with van der Waals surface area (Å²) in [7, 11) is 0. The van der Waals surface area contributed by atoms with Crippen LogP contribution in [0.4, 0.5) is 15.0 Å². The van der Waals surface area contributed by atoms with Gasteiger partial charge < -0.3 is 10.1 Å². The van der Waals surface area contributed by atoms with Crippen molar-refractivity contribution in [3.05, 3.63) is 90.5 Å². The summed E-state index contributed by atoms with van der Waals surface area (Å²) >= 11 is 0. The molecule has 2 amide bonds. The molecule has 6 rings (SSSR count). The number of nitrogens with zero attached hydrogens (tertiary/aromatic N) is 4. The van der Waals surface area contributed by atoms with Gasteiger partial charge in [-0.3, -0.25) is 14.5 Å². The zero-order chi connectivity index (χ0) is 27.6. The maximum absolute atomic E-state index is 14.4. The van der Waals surface area contributed by atoms with Crippen molar-refractivity contribution in [1.29, 1.82) is 0 Å². The fraction of sp³-hybridized carbons (Fsp3) is 0.167. The highest BCUT2D eigenvalue weighted by atomic mass is 19.2. The lowest BCUT2D eigenvalue weighted by molar-refractivity contribution is -0.121. The Balaban J connectivity index is 1.08. The number of carbonyl (C=O) groups is 3. The van der Waals surface area contributed by atoms with E-state index in [9.17, 15) is 18.9 Å². The molecule has 1 aliphatic rings. The maximum atomic E-state index is 14.4. The quantitative estimate of drug-likeness (QED) is 0.277. The lowest BCUT2D eigenvalue weighted by Crippen LogP contribution is -2.34. The van der Waals surface area contributed by atoms with E-state index in [2.05, 4.69) is 15.6 Å². The third kappa shape index (κ3) is 4.86. The monoisotopic (exact) mass is 537 g/mol. The minimum absolute atomic E-state index is 0.0217. The minimum atomic E-state index is -0.593. The first-order valence-corrected chi connectivity index (χ1v) is 12.8. The van der Waals surface area contributed by atoms with Gasteiger partial charge in [0.15, 0.2) is 5.78 Å². The van der Waals surface area contributed by atoms with Crippen LogP contribution in [0.15, 0.2) is 84.9 Å². The highest BCUT2D eigenvalue weighted by molar-refractivity contribution is 6.02. The second-order valence-electron chi connectivity index (χ2n) is 9.55. The van der Waals surface area contributed by atoms with Crippen molar-refractivity contribution in [2.45, 2.75) is 18.9 Å². The van der Waals surface area contributed by atoms with Gasteiger partial charge in [0, 0.05) is 29.5 Å². The number of ketones is 1. The molecule has 1 aliphatic heterocycles. The van der Waals surface area contributed by atoms with E-state index in [0.717, 1.165) is 10.8 Å². The van der Waals surface area contributed by atoms with Crippen molar-refractivity contribution in [3.63, 3.8) is 0 Å². The molecule has 1 saturated heterocycles. The minimum Gasteiger partial charge on any atom is -0.442 e. The number of halogens is 1. The predicted octanol–water partition coefficient (Wildman–Crippen LogP) is 5.09. The molecular weight excluding hydrogens is 513 g/mol. The fourth-order valence-corrected chi connectivity index (χ4v) is 4.97. The topological polar surface area (TPSA) is 106 Å². The smallest absolute Gasteiger partial charge is 0.414 e. The van der Waals surface area contributed by atoms with Crippen molar-refractivity contribution in [2.75, 3.05) is 18.0 Å². The number of rotatable bonds is 8. The van der Waals surface area contributed by atoms with Crippen LogP contribution in [0, 0.1) is 0 Å². The number of benzene rings is 4. The predicted molar refractivity (Wildman–Crippen MR) is 148 cm³/mol. The molecule has 1 fully saturated rings. The Kier molecular flexibility index (Phi) is 6.65. The summed E-state index contributed by atoms with van der Waals surface area (Å²) in [4.78, 5) is 39.6. The van der Waals surface area contributed by atoms with Crippen LogP contribution in [-0.2, 0) is 9.53 Å². The van der Waals surface area contributed by atoms with Gasteiger partial charge in [-0.05, 0) is 34.2 Å². The van der Waals surface area contributed by atoms with Crippen molar-refractivity contribution in [2.24, 2.45) is 0 Å². The first-order chi connectivity index (χ1) is 19.5. The Labute approximate surface area is 228 Å². The van der Waals surface area contributed by atoms with E-state index in [4.69, 9.17) is 4.74 Å². The van der Waals surface area contributed by atoms with Gasteiger partial charge in [0.2, 0.25) is 5.91 Å². The number of amides is 2. The second kappa shape index (κ2) is 10.6. The molecular formula is C30H24FN5O4. The largest absolute Gasteiger partial charge is 0.442 e. The van der Waals surface area contributed by atoms with Gasteiger partial charge in [-0.15, -0.1) is 5.10 Å². The van der Waals surface area contributed by atoms with Crippen LogP contribution in [0.2, 0.25) is 0 Å². The number of hydrogen-bond acceptors (Lipinski definition) is 6. The van der Waals surface area contributed by atoms with Gasteiger partial charge in [0.05, 0.1) is 18.8 Å².